The van der Waals surface area contributed by atoms with Crippen molar-refractivity contribution in [2.45, 2.75) is 18.0 Å². The number of aromatic nitrogens is 3. The Hall–Kier alpha value is -3.44. The Morgan fingerprint density at radius 3 is 2.33 bits per heavy atom. The number of halogens is 3. The van der Waals surface area contributed by atoms with Crippen LogP contribution in [0.1, 0.15) is 11.3 Å². The van der Waals surface area contributed by atoms with E-state index in [0.29, 0.717) is 34.1 Å². The van der Waals surface area contributed by atoms with Crippen LogP contribution >= 0.6 is 0 Å². The Bertz CT molecular complexity index is 1430. The smallest absolute Gasteiger partial charge is 0.340 e. The second-order valence-electron chi connectivity index (χ2n) is 7.60. The summed E-state index contributed by atoms with van der Waals surface area (Å²) in [6.45, 7) is 1.78. The van der Waals surface area contributed by atoms with Crippen LogP contribution in [0.15, 0.2) is 65.6 Å². The Balaban J connectivity index is 1.76. The molecule has 0 saturated carbocycles. The third-order valence-corrected chi connectivity index (χ3v) is 6.77. The third-order valence-electron chi connectivity index (χ3n) is 4.94. The van der Waals surface area contributed by atoms with Gasteiger partial charge in [0.2, 0.25) is 10.0 Å². The van der Waals surface area contributed by atoms with E-state index in [4.69, 9.17) is 0 Å². The molecule has 7 nitrogen and oxygen atoms in total. The van der Waals surface area contributed by atoms with Crippen LogP contribution in [-0.4, -0.2) is 41.4 Å². The van der Waals surface area contributed by atoms with Crippen molar-refractivity contribution in [3.05, 3.63) is 71.9 Å². The molecule has 0 amide bonds. The molecule has 11 heteroatoms. The van der Waals surface area contributed by atoms with E-state index in [2.05, 4.69) is 15.4 Å². The van der Waals surface area contributed by atoms with Gasteiger partial charge in [0.1, 0.15) is 5.82 Å². The predicted octanol–water partition coefficient (Wildman–Crippen LogP) is 4.72. The molecule has 0 bridgehead atoms. The lowest BCUT2D eigenvalue weighted by molar-refractivity contribution is -0.137. The topological polar surface area (TPSA) is 79.6 Å². The minimum atomic E-state index is -4.47. The predicted molar refractivity (Wildman–Crippen MR) is 119 cm³/mol. The summed E-state index contributed by atoms with van der Waals surface area (Å²) >= 11 is 0. The third kappa shape index (κ3) is 4.55. The van der Waals surface area contributed by atoms with Gasteiger partial charge in [-0.05, 0) is 43.3 Å². The van der Waals surface area contributed by atoms with Gasteiger partial charge in [-0.25, -0.2) is 17.7 Å². The van der Waals surface area contributed by atoms with E-state index < -0.39 is 21.8 Å². The maximum atomic E-state index is 13.2. The van der Waals surface area contributed by atoms with Crippen LogP contribution in [0, 0.1) is 6.92 Å². The molecule has 0 atom stereocenters. The summed E-state index contributed by atoms with van der Waals surface area (Å²) in [6, 6.07) is 14.4. The number of hydrogen-bond donors (Lipinski definition) is 1. The normalized spacial score (nSPS) is 12.5. The monoisotopic (exact) mass is 475 g/mol. The molecule has 0 aliphatic carbocycles. The number of rotatable bonds is 5. The van der Waals surface area contributed by atoms with E-state index in [1.54, 1.807) is 37.3 Å². The first-order valence-corrected chi connectivity index (χ1v) is 11.2. The van der Waals surface area contributed by atoms with E-state index in [1.807, 2.05) is 0 Å². The van der Waals surface area contributed by atoms with Gasteiger partial charge < -0.3 is 5.32 Å². The number of nitrogens with zero attached hydrogens (tertiary/aromatic N) is 4. The highest BCUT2D eigenvalue weighted by molar-refractivity contribution is 7.89. The van der Waals surface area contributed by atoms with Gasteiger partial charge in [-0.1, -0.05) is 12.1 Å². The van der Waals surface area contributed by atoms with Gasteiger partial charge in [-0.3, -0.25) is 0 Å². The van der Waals surface area contributed by atoms with Gasteiger partial charge in [-0.2, -0.15) is 22.8 Å². The molecule has 4 rings (SSSR count). The molecule has 1 N–H and O–H groups in total. The highest BCUT2D eigenvalue weighted by atomic mass is 32.2. The second kappa shape index (κ2) is 8.16. The average Bonchev–Trinajstić information content (AvgIpc) is 3.14. The Labute approximate surface area is 188 Å². The van der Waals surface area contributed by atoms with E-state index in [-0.39, 0.29) is 4.90 Å². The number of alkyl halides is 3. The maximum Gasteiger partial charge on any atom is 0.416 e. The van der Waals surface area contributed by atoms with Crippen LogP contribution in [0.4, 0.5) is 24.7 Å². The number of nitrogens with one attached hydrogen (secondary N) is 1. The number of sulfonamides is 1. The maximum absolute atomic E-state index is 13.2. The van der Waals surface area contributed by atoms with E-state index in [0.717, 1.165) is 16.4 Å². The van der Waals surface area contributed by atoms with Crippen molar-refractivity contribution >= 4 is 27.2 Å². The molecule has 2 aromatic carbocycles. The standard InChI is InChI=1S/C22H20F3N5O2S/c1-14-11-20-27-19(15-5-4-6-16(12-15)22(23,24)25)13-21(30(20)28-14)26-17-7-9-18(10-8-17)33(31,32)29(2)3/h4-13,26H,1-3H3. The molecule has 2 heterocycles. The van der Waals surface area contributed by atoms with Crippen molar-refractivity contribution in [2.75, 3.05) is 19.4 Å². The van der Waals surface area contributed by atoms with Crippen LogP contribution in [0.5, 0.6) is 0 Å². The second-order valence-corrected chi connectivity index (χ2v) is 9.75. The number of anilines is 2. The summed E-state index contributed by atoms with van der Waals surface area (Å²) in [5.41, 5.74) is 1.59. The van der Waals surface area contributed by atoms with Crippen LogP contribution < -0.4 is 5.32 Å². The minimum absolute atomic E-state index is 0.137. The first-order valence-electron chi connectivity index (χ1n) is 9.80. The molecule has 0 radical (unpaired) electrons. The van der Waals surface area contributed by atoms with Gasteiger partial charge in [0.25, 0.3) is 0 Å². The molecule has 172 valence electrons. The molecule has 33 heavy (non-hydrogen) atoms. The Morgan fingerprint density at radius 1 is 1.00 bits per heavy atom. The number of benzene rings is 2. The summed E-state index contributed by atoms with van der Waals surface area (Å²) in [5.74, 6) is 0.462. The zero-order valence-corrected chi connectivity index (χ0v) is 18.7. The van der Waals surface area contributed by atoms with Gasteiger partial charge >= 0.3 is 6.18 Å². The first kappa shape index (κ1) is 22.7. The van der Waals surface area contributed by atoms with E-state index in [1.165, 1.54) is 36.8 Å². The largest absolute Gasteiger partial charge is 0.416 e. The quantitative estimate of drug-likeness (QED) is 0.452. The minimum Gasteiger partial charge on any atom is -0.340 e. The molecule has 0 saturated heterocycles. The van der Waals surface area contributed by atoms with Crippen molar-refractivity contribution in [1.82, 2.24) is 18.9 Å². The van der Waals surface area contributed by atoms with Crippen molar-refractivity contribution < 1.29 is 21.6 Å². The molecule has 0 unspecified atom stereocenters. The van der Waals surface area contributed by atoms with Crippen molar-refractivity contribution in [2.24, 2.45) is 0 Å². The number of fused-ring (bicyclic) bond motifs is 1. The zero-order chi connectivity index (χ0) is 24.0. The summed E-state index contributed by atoms with van der Waals surface area (Å²) in [4.78, 5) is 4.60. The number of aryl methyl sites for hydroxylation is 1. The van der Waals surface area contributed by atoms with Crippen LogP contribution in [0.2, 0.25) is 0 Å². The van der Waals surface area contributed by atoms with Crippen LogP contribution in [0.25, 0.3) is 16.9 Å². The summed E-state index contributed by atoms with van der Waals surface area (Å²) < 4.78 is 66.8. The zero-order valence-electron chi connectivity index (χ0n) is 17.9. The molecular formula is C22H20F3N5O2S. The van der Waals surface area contributed by atoms with Crippen LogP contribution in [0.3, 0.4) is 0 Å². The fourth-order valence-electron chi connectivity index (χ4n) is 3.25. The number of hydrogen-bond acceptors (Lipinski definition) is 5. The highest BCUT2D eigenvalue weighted by Crippen LogP contribution is 2.33. The summed E-state index contributed by atoms with van der Waals surface area (Å²) in [7, 11) is -0.673. The SMILES string of the molecule is Cc1cc2nc(-c3cccc(C(F)(F)F)c3)cc(Nc3ccc(S(=O)(=O)N(C)C)cc3)n2n1. The van der Waals surface area contributed by atoms with E-state index in [9.17, 15) is 21.6 Å². The molecular weight excluding hydrogens is 455 g/mol. The van der Waals surface area contributed by atoms with Gasteiger partial charge in [-0.15, -0.1) is 0 Å². The Kier molecular flexibility index (Phi) is 5.62. The fraction of sp³-hybridized carbons (Fsp3) is 0.182. The summed E-state index contributed by atoms with van der Waals surface area (Å²) in [5, 5.41) is 7.54. The molecule has 0 aliphatic heterocycles. The van der Waals surface area contributed by atoms with Gasteiger partial charge in [0.05, 0.1) is 21.8 Å². The van der Waals surface area contributed by atoms with Gasteiger partial charge in [0, 0.05) is 37.5 Å². The van der Waals surface area contributed by atoms with Crippen molar-refractivity contribution in [1.29, 1.82) is 0 Å². The van der Waals surface area contributed by atoms with Crippen molar-refractivity contribution in [3.63, 3.8) is 0 Å². The lowest BCUT2D eigenvalue weighted by Gasteiger charge is -2.14. The van der Waals surface area contributed by atoms with E-state index >= 15 is 0 Å². The highest BCUT2D eigenvalue weighted by Gasteiger charge is 2.30. The first-order chi connectivity index (χ1) is 15.4. The molecule has 2 aromatic heterocycles. The fourth-order valence-corrected chi connectivity index (χ4v) is 4.15. The molecule has 0 aliphatic rings. The van der Waals surface area contributed by atoms with Crippen LogP contribution in [-0.2, 0) is 16.2 Å². The lowest BCUT2D eigenvalue weighted by Crippen LogP contribution is -2.22. The lowest BCUT2D eigenvalue weighted by atomic mass is 10.1. The van der Waals surface area contributed by atoms with Gasteiger partial charge in [0.15, 0.2) is 5.65 Å². The molecule has 0 spiro atoms. The Morgan fingerprint density at radius 2 is 1.70 bits per heavy atom. The summed E-state index contributed by atoms with van der Waals surface area (Å²) in [6.07, 6.45) is -4.47. The molecule has 4 aromatic rings. The average molecular weight is 475 g/mol. The van der Waals surface area contributed by atoms with Crippen molar-refractivity contribution in [3.8, 4) is 11.3 Å². The molecule has 0 fully saturated rings.